The van der Waals surface area contributed by atoms with Crippen molar-refractivity contribution in [3.63, 3.8) is 0 Å². The lowest BCUT2D eigenvalue weighted by molar-refractivity contribution is -0.148. The van der Waals surface area contributed by atoms with Gasteiger partial charge in [0.2, 0.25) is 0 Å². The molecule has 2 rings (SSSR count). The third-order valence-electron chi connectivity index (χ3n) is 4.24. The van der Waals surface area contributed by atoms with Gasteiger partial charge < -0.3 is 19.3 Å². The van der Waals surface area contributed by atoms with Crippen LogP contribution in [0.5, 0.6) is 0 Å². The summed E-state index contributed by atoms with van der Waals surface area (Å²) < 4.78 is 33.8. The van der Waals surface area contributed by atoms with Crippen LogP contribution in [0.3, 0.4) is 0 Å². The molecule has 1 amide bonds. The molecular formula is C21H26NO7P. The number of amides is 1. The number of ether oxygens (including phenoxy) is 2. The number of rotatable bonds is 10. The van der Waals surface area contributed by atoms with E-state index in [2.05, 4.69) is 10.1 Å². The van der Waals surface area contributed by atoms with Crippen LogP contribution in [-0.2, 0) is 40.9 Å². The lowest BCUT2D eigenvalue weighted by Crippen LogP contribution is -2.38. The third kappa shape index (κ3) is 6.99. The Kier molecular flexibility index (Phi) is 9.05. The summed E-state index contributed by atoms with van der Waals surface area (Å²) in [7, 11) is -1.57. The van der Waals surface area contributed by atoms with Crippen LogP contribution in [0.15, 0.2) is 60.7 Å². The lowest BCUT2D eigenvalue weighted by atomic mass is 10.1. The first-order valence-electron chi connectivity index (χ1n) is 9.30. The van der Waals surface area contributed by atoms with Gasteiger partial charge in [0.1, 0.15) is 12.4 Å². The predicted octanol–water partition coefficient (Wildman–Crippen LogP) is 3.90. The molecule has 0 aliphatic carbocycles. The maximum Gasteiger partial charge on any atom is 0.408 e. The fourth-order valence-corrected chi connectivity index (χ4v) is 4.37. The van der Waals surface area contributed by atoms with Gasteiger partial charge in [-0.05, 0) is 18.1 Å². The molecule has 30 heavy (non-hydrogen) atoms. The fraction of sp³-hybridized carbons (Fsp3) is 0.333. The quantitative estimate of drug-likeness (QED) is 0.446. The predicted molar refractivity (Wildman–Crippen MR) is 111 cm³/mol. The van der Waals surface area contributed by atoms with Crippen molar-refractivity contribution < 1.29 is 32.7 Å². The molecule has 2 aromatic rings. The molecule has 0 aromatic heterocycles. The van der Waals surface area contributed by atoms with Crippen molar-refractivity contribution in [2.24, 2.45) is 0 Å². The van der Waals surface area contributed by atoms with Crippen molar-refractivity contribution in [2.75, 3.05) is 14.2 Å². The molecule has 0 heterocycles. The van der Waals surface area contributed by atoms with Crippen molar-refractivity contribution in [3.8, 4) is 0 Å². The second-order valence-corrected chi connectivity index (χ2v) is 8.68. The summed E-state index contributed by atoms with van der Waals surface area (Å²) in [6.07, 6.45) is -1.80. The number of benzene rings is 2. The maximum atomic E-state index is 13.4. The Hall–Kier alpha value is -2.67. The van der Waals surface area contributed by atoms with Gasteiger partial charge in [-0.15, -0.1) is 0 Å². The minimum atomic E-state index is -3.96. The number of methoxy groups -OCH3 is 1. The van der Waals surface area contributed by atoms with E-state index in [0.717, 1.165) is 11.1 Å². The number of alkyl carbamates (subject to hydrolysis) is 1. The zero-order valence-electron chi connectivity index (χ0n) is 17.1. The van der Waals surface area contributed by atoms with Crippen LogP contribution in [0.1, 0.15) is 18.1 Å². The van der Waals surface area contributed by atoms with Crippen molar-refractivity contribution in [3.05, 3.63) is 71.8 Å². The number of nitrogens with one attached hydrogen (secondary N) is 1. The van der Waals surface area contributed by atoms with Crippen LogP contribution in [0.25, 0.3) is 0 Å². The van der Waals surface area contributed by atoms with Crippen LogP contribution in [0.2, 0.25) is 0 Å². The molecule has 1 N–H and O–H groups in total. The molecule has 8 nitrogen and oxygen atoms in total. The van der Waals surface area contributed by atoms with E-state index >= 15 is 0 Å². The third-order valence-corrected chi connectivity index (χ3v) is 6.44. The van der Waals surface area contributed by atoms with Gasteiger partial charge in [-0.1, -0.05) is 60.7 Å². The Labute approximate surface area is 176 Å². The van der Waals surface area contributed by atoms with Crippen LogP contribution in [-0.4, -0.2) is 38.2 Å². The minimum Gasteiger partial charge on any atom is -0.467 e. The molecule has 0 aliphatic rings. The van der Waals surface area contributed by atoms with E-state index in [9.17, 15) is 14.2 Å². The van der Waals surface area contributed by atoms with Crippen LogP contribution < -0.4 is 5.32 Å². The van der Waals surface area contributed by atoms with Crippen LogP contribution in [0.4, 0.5) is 4.79 Å². The highest BCUT2D eigenvalue weighted by molar-refractivity contribution is 7.54. The van der Waals surface area contributed by atoms with Gasteiger partial charge in [0.25, 0.3) is 0 Å². The summed E-state index contributed by atoms with van der Waals surface area (Å²) in [6.45, 7) is 1.44. The minimum absolute atomic E-state index is 0.0431. The summed E-state index contributed by atoms with van der Waals surface area (Å²) in [5, 5.41) is 2.56. The van der Waals surface area contributed by atoms with Gasteiger partial charge in [0.15, 0.2) is 6.10 Å². The number of carbonyl (C=O) groups excluding carboxylic acids is 2. The van der Waals surface area contributed by atoms with Gasteiger partial charge in [0, 0.05) is 13.5 Å². The van der Waals surface area contributed by atoms with Gasteiger partial charge in [-0.3, -0.25) is 9.09 Å². The normalized spacial score (nSPS) is 14.8. The number of carbonyl (C=O) groups is 2. The van der Waals surface area contributed by atoms with Gasteiger partial charge in [-0.25, -0.2) is 9.59 Å². The number of hydrogen-bond donors (Lipinski definition) is 1. The molecule has 2 aromatic carbocycles. The molecule has 0 spiro atoms. The van der Waals surface area contributed by atoms with Gasteiger partial charge in [-0.2, -0.15) is 0 Å². The zero-order valence-corrected chi connectivity index (χ0v) is 18.0. The van der Waals surface area contributed by atoms with Crippen molar-refractivity contribution in [1.29, 1.82) is 0 Å². The fourth-order valence-electron chi connectivity index (χ4n) is 2.65. The van der Waals surface area contributed by atoms with E-state index in [0.29, 0.717) is 0 Å². The molecule has 0 saturated heterocycles. The first-order chi connectivity index (χ1) is 14.4. The van der Waals surface area contributed by atoms with E-state index in [1.807, 2.05) is 60.7 Å². The molecule has 0 fully saturated rings. The Morgan fingerprint density at radius 1 is 0.967 bits per heavy atom. The monoisotopic (exact) mass is 435 g/mol. The van der Waals surface area contributed by atoms with Crippen molar-refractivity contribution in [2.45, 2.75) is 31.8 Å². The zero-order chi connectivity index (χ0) is 22.0. The highest BCUT2D eigenvalue weighted by Crippen LogP contribution is 2.53. The molecule has 0 bridgehead atoms. The molecule has 0 radical (unpaired) electrons. The summed E-state index contributed by atoms with van der Waals surface area (Å²) >= 11 is 0. The number of hydrogen-bond acceptors (Lipinski definition) is 7. The van der Waals surface area contributed by atoms with Gasteiger partial charge >= 0.3 is 19.7 Å². The summed E-state index contributed by atoms with van der Waals surface area (Å²) in [4.78, 5) is 24.1. The van der Waals surface area contributed by atoms with E-state index in [1.54, 1.807) is 0 Å². The highest BCUT2D eigenvalue weighted by atomic mass is 31.2. The second kappa shape index (κ2) is 11.5. The Balaban J connectivity index is 2.16. The summed E-state index contributed by atoms with van der Waals surface area (Å²) in [5.74, 6) is -1.79. The van der Waals surface area contributed by atoms with Crippen molar-refractivity contribution in [1.82, 2.24) is 5.32 Å². The SMILES string of the molecule is COC(=O)C(C)OP(=O)(OC)C(Cc1ccccc1)NC(=O)OCc1ccccc1. The highest BCUT2D eigenvalue weighted by Gasteiger charge is 2.40. The molecular weight excluding hydrogens is 409 g/mol. The molecule has 3 unspecified atom stereocenters. The molecule has 0 aliphatic heterocycles. The molecule has 9 heteroatoms. The number of esters is 1. The van der Waals surface area contributed by atoms with E-state index in [-0.39, 0.29) is 13.0 Å². The summed E-state index contributed by atoms with van der Waals surface area (Å²) in [6, 6.07) is 18.2. The first kappa shape index (κ1) is 23.6. The lowest BCUT2D eigenvalue weighted by Gasteiger charge is -2.28. The Bertz CT molecular complexity index is 860. The van der Waals surface area contributed by atoms with Crippen molar-refractivity contribution >= 4 is 19.7 Å². The topological polar surface area (TPSA) is 100 Å². The smallest absolute Gasteiger partial charge is 0.408 e. The largest absolute Gasteiger partial charge is 0.467 e. The van der Waals surface area contributed by atoms with Crippen LogP contribution in [0, 0.1) is 0 Å². The van der Waals surface area contributed by atoms with E-state index in [1.165, 1.54) is 21.1 Å². The first-order valence-corrected chi connectivity index (χ1v) is 10.9. The standard InChI is InChI=1S/C21H26NO7P/c1-16(20(23)26-2)29-30(25,27-3)19(14-17-10-6-4-7-11-17)22-21(24)28-15-18-12-8-5-9-13-18/h4-13,16,19H,14-15H2,1-3H3,(H,22,24). The molecule has 0 saturated carbocycles. The molecule has 162 valence electrons. The van der Waals surface area contributed by atoms with E-state index in [4.69, 9.17) is 13.8 Å². The van der Waals surface area contributed by atoms with Gasteiger partial charge in [0.05, 0.1) is 7.11 Å². The van der Waals surface area contributed by atoms with E-state index < -0.39 is 31.5 Å². The van der Waals surface area contributed by atoms with Crippen LogP contribution >= 0.6 is 7.60 Å². The molecule has 3 atom stereocenters. The average Bonchev–Trinajstić information content (AvgIpc) is 2.77. The maximum absolute atomic E-state index is 13.4. The Morgan fingerprint density at radius 2 is 1.53 bits per heavy atom. The summed E-state index contributed by atoms with van der Waals surface area (Å²) in [5.41, 5.74) is 1.59. The average molecular weight is 435 g/mol. The second-order valence-electron chi connectivity index (χ2n) is 6.40. The Morgan fingerprint density at radius 3 is 2.07 bits per heavy atom.